The molecule has 1 unspecified atom stereocenters. The van der Waals surface area contributed by atoms with Crippen molar-refractivity contribution in [3.8, 4) is 0 Å². The van der Waals surface area contributed by atoms with E-state index in [0.29, 0.717) is 6.61 Å². The number of hydrogen-bond donors (Lipinski definition) is 1. The fraction of sp³-hybridized carbons (Fsp3) is 1.00. The van der Waals surface area contributed by atoms with Gasteiger partial charge in [-0.1, -0.05) is 0 Å². The topological polar surface area (TPSA) is 35.9 Å². The molecule has 1 N–H and O–H groups in total. The first kappa shape index (κ1) is 14.9. The van der Waals surface area contributed by atoms with Gasteiger partial charge in [0.2, 0.25) is 0 Å². The van der Waals surface area contributed by atoms with E-state index >= 15 is 0 Å². The van der Waals surface area contributed by atoms with Crippen LogP contribution in [0.25, 0.3) is 0 Å². The van der Waals surface area contributed by atoms with Gasteiger partial charge < -0.3 is 19.6 Å². The van der Waals surface area contributed by atoms with Crippen LogP contribution in [0.2, 0.25) is 0 Å². The summed E-state index contributed by atoms with van der Waals surface area (Å²) >= 11 is 0. The van der Waals surface area contributed by atoms with Gasteiger partial charge in [-0.15, -0.1) is 0 Å². The Balaban J connectivity index is 2.29. The van der Waals surface area contributed by atoms with E-state index in [2.05, 4.69) is 30.9 Å². The summed E-state index contributed by atoms with van der Waals surface area (Å²) < 4.78 is 5.53. The first-order chi connectivity index (χ1) is 8.08. The van der Waals surface area contributed by atoms with Crippen molar-refractivity contribution >= 4 is 0 Å². The second kappa shape index (κ2) is 7.31. The lowest BCUT2D eigenvalue weighted by Gasteiger charge is -2.38. The van der Waals surface area contributed by atoms with Crippen LogP contribution in [-0.4, -0.2) is 75.5 Å². The van der Waals surface area contributed by atoms with Crippen molar-refractivity contribution < 1.29 is 9.84 Å². The van der Waals surface area contributed by atoms with Crippen LogP contribution in [-0.2, 0) is 4.74 Å². The van der Waals surface area contributed by atoms with Crippen LogP contribution in [0.1, 0.15) is 19.3 Å². The van der Waals surface area contributed by atoms with Crippen LogP contribution in [0, 0.1) is 5.41 Å². The van der Waals surface area contributed by atoms with Gasteiger partial charge >= 0.3 is 0 Å². The van der Waals surface area contributed by atoms with Crippen molar-refractivity contribution in [1.82, 2.24) is 9.80 Å². The monoisotopic (exact) mass is 244 g/mol. The average molecular weight is 244 g/mol. The summed E-state index contributed by atoms with van der Waals surface area (Å²) in [4.78, 5) is 4.54. The first-order valence-electron chi connectivity index (χ1n) is 6.60. The highest BCUT2D eigenvalue weighted by Crippen LogP contribution is 2.28. The molecule has 1 heterocycles. The summed E-state index contributed by atoms with van der Waals surface area (Å²) in [7, 11) is 6.34. The molecular formula is C13H28N2O2. The number of rotatable bonds is 7. The third kappa shape index (κ3) is 5.34. The molecular weight excluding hydrogens is 216 g/mol. The standard InChI is InChI=1S/C13H28N2O2/c1-14(2)7-5-8-15(3)10-13(11-16)6-4-9-17-12-13/h16H,4-12H2,1-3H3. The molecule has 4 nitrogen and oxygen atoms in total. The van der Waals surface area contributed by atoms with E-state index in [9.17, 15) is 5.11 Å². The molecule has 0 amide bonds. The van der Waals surface area contributed by atoms with Crippen LogP contribution in [0.3, 0.4) is 0 Å². The molecule has 1 fully saturated rings. The van der Waals surface area contributed by atoms with Crippen molar-refractivity contribution in [1.29, 1.82) is 0 Å². The van der Waals surface area contributed by atoms with Gasteiger partial charge in [0.15, 0.2) is 0 Å². The largest absolute Gasteiger partial charge is 0.396 e. The molecule has 0 saturated carbocycles. The number of aliphatic hydroxyl groups is 1. The molecule has 1 saturated heterocycles. The Morgan fingerprint density at radius 1 is 1.24 bits per heavy atom. The van der Waals surface area contributed by atoms with Crippen LogP contribution >= 0.6 is 0 Å². The second-order valence-corrected chi connectivity index (χ2v) is 5.71. The van der Waals surface area contributed by atoms with E-state index in [1.54, 1.807) is 0 Å². The Labute approximate surface area is 106 Å². The Morgan fingerprint density at radius 3 is 2.53 bits per heavy atom. The summed E-state index contributed by atoms with van der Waals surface area (Å²) in [6.07, 6.45) is 3.33. The van der Waals surface area contributed by atoms with Crippen molar-refractivity contribution in [2.75, 3.05) is 60.6 Å². The maximum absolute atomic E-state index is 9.59. The molecule has 4 heteroatoms. The number of ether oxygens (including phenoxy) is 1. The molecule has 1 rings (SSSR count). The van der Waals surface area contributed by atoms with E-state index in [1.165, 1.54) is 6.42 Å². The smallest absolute Gasteiger partial charge is 0.0556 e. The molecule has 1 atom stereocenters. The van der Waals surface area contributed by atoms with E-state index < -0.39 is 0 Å². The summed E-state index contributed by atoms with van der Waals surface area (Å²) in [5, 5.41) is 9.59. The molecule has 1 aliphatic rings. The lowest BCUT2D eigenvalue weighted by Crippen LogP contribution is -2.44. The molecule has 1 aliphatic heterocycles. The van der Waals surface area contributed by atoms with E-state index in [1.807, 2.05) is 0 Å². The third-order valence-corrected chi connectivity index (χ3v) is 3.49. The Kier molecular flexibility index (Phi) is 6.41. The maximum Gasteiger partial charge on any atom is 0.0556 e. The van der Waals surface area contributed by atoms with Crippen LogP contribution in [0.5, 0.6) is 0 Å². The minimum Gasteiger partial charge on any atom is -0.396 e. The highest BCUT2D eigenvalue weighted by atomic mass is 16.5. The number of hydrogen-bond acceptors (Lipinski definition) is 4. The summed E-state index contributed by atoms with van der Waals surface area (Å²) in [5.41, 5.74) is -0.0227. The molecule has 0 radical (unpaired) electrons. The normalized spacial score (nSPS) is 25.8. The Bertz CT molecular complexity index is 204. The highest BCUT2D eigenvalue weighted by molar-refractivity contribution is 4.84. The van der Waals surface area contributed by atoms with Gasteiger partial charge in [0.25, 0.3) is 0 Å². The fourth-order valence-corrected chi connectivity index (χ4v) is 2.52. The highest BCUT2D eigenvalue weighted by Gasteiger charge is 2.33. The van der Waals surface area contributed by atoms with E-state index in [-0.39, 0.29) is 12.0 Å². The van der Waals surface area contributed by atoms with Crippen LogP contribution < -0.4 is 0 Å². The lowest BCUT2D eigenvalue weighted by molar-refractivity contribution is -0.0523. The van der Waals surface area contributed by atoms with Gasteiger partial charge in [-0.05, 0) is 53.5 Å². The molecule has 0 bridgehead atoms. The van der Waals surface area contributed by atoms with Gasteiger partial charge in [0.1, 0.15) is 0 Å². The number of nitrogens with zero attached hydrogens (tertiary/aromatic N) is 2. The van der Waals surface area contributed by atoms with Crippen molar-refractivity contribution in [2.24, 2.45) is 5.41 Å². The quantitative estimate of drug-likeness (QED) is 0.714. The van der Waals surface area contributed by atoms with Gasteiger partial charge in [-0.3, -0.25) is 0 Å². The van der Waals surface area contributed by atoms with Gasteiger partial charge in [-0.25, -0.2) is 0 Å². The average Bonchev–Trinajstić information content (AvgIpc) is 2.29. The van der Waals surface area contributed by atoms with Crippen molar-refractivity contribution in [3.05, 3.63) is 0 Å². The maximum atomic E-state index is 9.59. The molecule has 0 aromatic carbocycles. The predicted octanol–water partition coefficient (Wildman–Crippen LogP) is 0.659. The zero-order valence-electron chi connectivity index (χ0n) is 11.6. The fourth-order valence-electron chi connectivity index (χ4n) is 2.52. The van der Waals surface area contributed by atoms with E-state index in [0.717, 1.165) is 39.1 Å². The Morgan fingerprint density at radius 2 is 2.00 bits per heavy atom. The van der Waals surface area contributed by atoms with Gasteiger partial charge in [0.05, 0.1) is 13.2 Å². The van der Waals surface area contributed by atoms with Crippen molar-refractivity contribution in [3.63, 3.8) is 0 Å². The summed E-state index contributed by atoms with van der Waals surface area (Å²) in [6, 6.07) is 0. The SMILES string of the molecule is CN(C)CCCN(C)CC1(CO)CCCOC1. The van der Waals surface area contributed by atoms with Crippen LogP contribution in [0.4, 0.5) is 0 Å². The van der Waals surface area contributed by atoms with Crippen molar-refractivity contribution in [2.45, 2.75) is 19.3 Å². The minimum absolute atomic E-state index is 0.0227. The lowest BCUT2D eigenvalue weighted by atomic mass is 9.83. The second-order valence-electron chi connectivity index (χ2n) is 5.71. The summed E-state index contributed by atoms with van der Waals surface area (Å²) in [5.74, 6) is 0. The molecule has 0 aromatic rings. The summed E-state index contributed by atoms with van der Waals surface area (Å²) in [6.45, 7) is 4.95. The number of aliphatic hydroxyl groups excluding tert-OH is 1. The van der Waals surface area contributed by atoms with E-state index in [4.69, 9.17) is 4.74 Å². The molecule has 17 heavy (non-hydrogen) atoms. The molecule has 0 aliphatic carbocycles. The molecule has 0 spiro atoms. The Hall–Kier alpha value is -0.160. The zero-order chi connectivity index (χ0) is 12.7. The zero-order valence-corrected chi connectivity index (χ0v) is 11.6. The minimum atomic E-state index is -0.0227. The van der Waals surface area contributed by atoms with Gasteiger partial charge in [-0.2, -0.15) is 0 Å². The van der Waals surface area contributed by atoms with Crippen LogP contribution in [0.15, 0.2) is 0 Å². The molecule has 0 aromatic heterocycles. The van der Waals surface area contributed by atoms with Gasteiger partial charge in [0, 0.05) is 18.6 Å². The third-order valence-electron chi connectivity index (χ3n) is 3.49. The predicted molar refractivity (Wildman–Crippen MR) is 70.2 cm³/mol. The molecule has 102 valence electrons. The first-order valence-corrected chi connectivity index (χ1v) is 6.60.